The van der Waals surface area contributed by atoms with Gasteiger partial charge in [-0.1, -0.05) is 0 Å². The third-order valence-corrected chi connectivity index (χ3v) is 6.91. The van der Waals surface area contributed by atoms with E-state index in [-0.39, 0.29) is 18.1 Å². The van der Waals surface area contributed by atoms with Gasteiger partial charge in [-0.05, 0) is 87.5 Å². The van der Waals surface area contributed by atoms with E-state index in [2.05, 4.69) is 11.2 Å². The molecule has 1 N–H and O–H groups in total. The first-order valence-electron chi connectivity index (χ1n) is 11.5. The van der Waals surface area contributed by atoms with Crippen LogP contribution in [-0.4, -0.2) is 61.8 Å². The smallest absolute Gasteiger partial charge is 0.317 e. The van der Waals surface area contributed by atoms with E-state index in [1.807, 2.05) is 60.3 Å². The molecule has 2 saturated heterocycles. The molecule has 0 bridgehead atoms. The third-order valence-electron chi connectivity index (χ3n) is 6.91. The summed E-state index contributed by atoms with van der Waals surface area (Å²) in [5.74, 6) is 2.66. The third kappa shape index (κ3) is 5.73. The van der Waals surface area contributed by atoms with Crippen molar-refractivity contribution in [2.75, 3.05) is 6.54 Å². The van der Waals surface area contributed by atoms with Gasteiger partial charge in [-0.2, -0.15) is 0 Å². The van der Waals surface area contributed by atoms with E-state index in [4.69, 9.17) is 6.42 Å². The molecule has 2 rings (SSSR count). The summed E-state index contributed by atoms with van der Waals surface area (Å²) >= 11 is 0. The Kier molecular flexibility index (Phi) is 7.44. The van der Waals surface area contributed by atoms with Gasteiger partial charge in [-0.15, -0.1) is 12.3 Å². The van der Waals surface area contributed by atoms with Gasteiger partial charge in [0.1, 0.15) is 0 Å². The predicted molar refractivity (Wildman–Crippen MR) is 126 cm³/mol. The number of amides is 2. The number of carbonyl (C=O) groups is 1. The summed E-state index contributed by atoms with van der Waals surface area (Å²) in [4.78, 5) is 15.4. The topological polar surface area (TPSA) is 84.9 Å². The molecule has 0 atom stereocenters. The van der Waals surface area contributed by atoms with E-state index in [0.717, 1.165) is 6.42 Å². The molecule has 2 heterocycles. The Labute approximate surface area is 189 Å². The number of carbonyl (C=O) groups excluding carboxylic acids is 1. The number of hydrogen-bond acceptors (Lipinski definition) is 5. The van der Waals surface area contributed by atoms with E-state index in [0.29, 0.717) is 38.6 Å². The number of terminal acetylenes is 1. The zero-order chi connectivity index (χ0) is 23.8. The minimum absolute atomic E-state index is 0.0476. The maximum absolute atomic E-state index is 13.5. The summed E-state index contributed by atoms with van der Waals surface area (Å²) in [6.45, 7) is 16.1. The Morgan fingerprint density at radius 2 is 1.35 bits per heavy atom. The highest BCUT2D eigenvalue weighted by Gasteiger charge is 2.44. The van der Waals surface area contributed by atoms with Gasteiger partial charge in [0.15, 0.2) is 0 Å². The van der Waals surface area contributed by atoms with Crippen LogP contribution in [0.25, 0.3) is 0 Å². The molecule has 2 amide bonds. The molecule has 2 aliphatic rings. The molecular weight excluding hydrogens is 392 g/mol. The Bertz CT molecular complexity index is 659. The van der Waals surface area contributed by atoms with Gasteiger partial charge in [0.25, 0.3) is 0 Å². The number of nitrogens with zero attached hydrogens (tertiary/aromatic N) is 3. The van der Waals surface area contributed by atoms with Gasteiger partial charge >= 0.3 is 6.03 Å². The Morgan fingerprint density at radius 3 is 1.77 bits per heavy atom. The van der Waals surface area contributed by atoms with Crippen molar-refractivity contribution in [1.29, 1.82) is 0 Å². The van der Waals surface area contributed by atoms with Crippen molar-refractivity contribution in [3.63, 3.8) is 0 Å². The molecule has 0 unspecified atom stereocenters. The summed E-state index contributed by atoms with van der Waals surface area (Å²) in [7, 11) is 0. The molecule has 0 spiro atoms. The van der Waals surface area contributed by atoms with Crippen LogP contribution in [0.1, 0.15) is 93.9 Å². The molecule has 7 nitrogen and oxygen atoms in total. The van der Waals surface area contributed by atoms with Crippen molar-refractivity contribution in [3.05, 3.63) is 10.4 Å². The van der Waals surface area contributed by atoms with Gasteiger partial charge in [0.2, 0.25) is 0 Å². The maximum Gasteiger partial charge on any atom is 0.317 e. The summed E-state index contributed by atoms with van der Waals surface area (Å²) in [5, 5.41) is 31.0. The second-order valence-electron chi connectivity index (χ2n) is 12.0. The predicted octanol–water partition coefficient (Wildman–Crippen LogP) is 4.45. The van der Waals surface area contributed by atoms with E-state index >= 15 is 0 Å². The highest BCUT2D eigenvalue weighted by atomic mass is 16.5. The quantitative estimate of drug-likeness (QED) is 0.510. The molecule has 31 heavy (non-hydrogen) atoms. The van der Waals surface area contributed by atoms with Crippen molar-refractivity contribution in [1.82, 2.24) is 20.3 Å². The van der Waals surface area contributed by atoms with Gasteiger partial charge in [-0.3, -0.25) is 0 Å². The van der Waals surface area contributed by atoms with Crippen molar-refractivity contribution < 1.29 is 4.79 Å². The summed E-state index contributed by atoms with van der Waals surface area (Å²) in [6.07, 6.45) is 9.18. The lowest BCUT2D eigenvalue weighted by Gasteiger charge is -2.61. The zero-order valence-electron chi connectivity index (χ0n) is 20.7. The van der Waals surface area contributed by atoms with Gasteiger partial charge < -0.3 is 30.8 Å². The monoisotopic (exact) mass is 434 g/mol. The fourth-order valence-electron chi connectivity index (χ4n) is 5.86. The first-order chi connectivity index (χ1) is 14.0. The zero-order valence-corrected chi connectivity index (χ0v) is 20.7. The average Bonchev–Trinajstić information content (AvgIpc) is 2.60. The molecule has 0 aromatic rings. The highest BCUT2D eigenvalue weighted by molar-refractivity contribution is 5.75. The van der Waals surface area contributed by atoms with Gasteiger partial charge in [0, 0.05) is 47.2 Å². The van der Waals surface area contributed by atoms with Crippen LogP contribution in [0, 0.1) is 22.8 Å². The van der Waals surface area contributed by atoms with E-state index in [1.54, 1.807) is 0 Å². The fraction of sp³-hybridized carbons (Fsp3) is 0.875. The van der Waals surface area contributed by atoms with Crippen LogP contribution in [0.3, 0.4) is 0 Å². The molecule has 178 valence electrons. The van der Waals surface area contributed by atoms with Crippen molar-refractivity contribution in [2.45, 2.75) is 128 Å². The first-order valence-corrected chi connectivity index (χ1v) is 11.5. The number of hydrogen-bond donors (Lipinski definition) is 1. The van der Waals surface area contributed by atoms with Gasteiger partial charge in [-0.25, -0.2) is 4.79 Å². The molecule has 0 aromatic carbocycles. The van der Waals surface area contributed by atoms with Crippen LogP contribution in [-0.2, 0) is 0 Å². The maximum atomic E-state index is 13.5. The molecule has 0 radical (unpaired) electrons. The number of nitrogens with one attached hydrogen (secondary N) is 1. The molecule has 0 saturated carbocycles. The number of rotatable bonds is 5. The standard InChI is InChI=1S/C24H42N4O3/c1-10-11-12-13-26(19-16-23(6,7)28(31)24(8,9)17-19)20(29)25-18-14-21(2,3)27(30)22(4,5)15-18/h1,18-19H,11-17H2,2-9H3,(H,25,29)/q-2. The SMILES string of the molecule is C#CCCCN(C(=O)NC1CC(C)(C)N([O-])C(C)(C)C1)C1CC(C)(C)N([O-])C(C)(C)C1. The lowest BCUT2D eigenvalue weighted by molar-refractivity contribution is -0.0243. The fourth-order valence-corrected chi connectivity index (χ4v) is 5.86. The number of piperidine rings is 2. The lowest BCUT2D eigenvalue weighted by atomic mass is 9.78. The second kappa shape index (κ2) is 8.90. The van der Waals surface area contributed by atoms with Crippen LogP contribution in [0.4, 0.5) is 4.79 Å². The molecular formula is C24H42N4O3-2. The van der Waals surface area contributed by atoms with Crippen molar-refractivity contribution >= 4 is 6.03 Å². The largest absolute Gasteiger partial charge is 0.784 e. The van der Waals surface area contributed by atoms with Crippen LogP contribution in [0.5, 0.6) is 0 Å². The number of hydroxylamine groups is 4. The molecule has 7 heteroatoms. The van der Waals surface area contributed by atoms with E-state index < -0.39 is 22.2 Å². The normalized spacial score (nSPS) is 26.2. The first kappa shape index (κ1) is 25.9. The van der Waals surface area contributed by atoms with Crippen LogP contribution >= 0.6 is 0 Å². The van der Waals surface area contributed by atoms with Crippen LogP contribution in [0.2, 0.25) is 0 Å². The van der Waals surface area contributed by atoms with E-state index in [1.165, 1.54) is 10.1 Å². The van der Waals surface area contributed by atoms with Gasteiger partial charge in [0.05, 0.1) is 0 Å². The molecule has 0 aromatic heterocycles. The van der Waals surface area contributed by atoms with Crippen LogP contribution < -0.4 is 5.32 Å². The molecule has 0 aliphatic carbocycles. The van der Waals surface area contributed by atoms with E-state index in [9.17, 15) is 15.2 Å². The number of unbranched alkanes of at least 4 members (excludes halogenated alkanes) is 1. The molecule has 2 fully saturated rings. The minimum atomic E-state index is -0.561. The second-order valence-corrected chi connectivity index (χ2v) is 12.0. The Balaban J connectivity index is 2.22. The minimum Gasteiger partial charge on any atom is -0.784 e. The number of urea groups is 1. The Morgan fingerprint density at radius 1 is 0.935 bits per heavy atom. The summed E-state index contributed by atoms with van der Waals surface area (Å²) in [5.41, 5.74) is -2.22. The van der Waals surface area contributed by atoms with Crippen LogP contribution in [0.15, 0.2) is 0 Å². The summed E-state index contributed by atoms with van der Waals surface area (Å²) in [6, 6.07) is -0.254. The Hall–Kier alpha value is -1.33. The summed E-state index contributed by atoms with van der Waals surface area (Å²) < 4.78 is 0. The average molecular weight is 435 g/mol. The molecule has 2 aliphatic heterocycles. The van der Waals surface area contributed by atoms with Crippen molar-refractivity contribution in [3.8, 4) is 12.3 Å². The van der Waals surface area contributed by atoms with Crippen molar-refractivity contribution in [2.24, 2.45) is 0 Å². The lowest BCUT2D eigenvalue weighted by Crippen LogP contribution is -2.65. The highest BCUT2D eigenvalue weighted by Crippen LogP contribution is 2.40.